The molecule has 2 aromatic heterocycles. The topological polar surface area (TPSA) is 84.1 Å². The molecule has 0 bridgehead atoms. The number of pyridine rings is 2. The average molecular weight is 309 g/mol. The molecule has 0 fully saturated rings. The van der Waals surface area contributed by atoms with Gasteiger partial charge in [0.2, 0.25) is 0 Å². The number of carbonyl (C=O) groups excluding carboxylic acids is 1. The Morgan fingerprint density at radius 1 is 1.26 bits per heavy atom. The van der Waals surface area contributed by atoms with E-state index in [1.54, 1.807) is 43.6 Å². The van der Waals surface area contributed by atoms with Gasteiger partial charge in [0.15, 0.2) is 0 Å². The number of nitrogens with one attached hydrogen (secondary N) is 2. The van der Waals surface area contributed by atoms with Crippen LogP contribution < -0.4 is 15.6 Å². The van der Waals surface area contributed by atoms with E-state index in [4.69, 9.17) is 4.74 Å². The third kappa shape index (κ3) is 3.21. The molecule has 3 rings (SSSR count). The maximum absolute atomic E-state index is 12.2. The van der Waals surface area contributed by atoms with Crippen molar-refractivity contribution >= 4 is 16.7 Å². The fraction of sp³-hybridized carbons (Fsp3) is 0.118. The van der Waals surface area contributed by atoms with Crippen LogP contribution in [0.2, 0.25) is 0 Å². The SMILES string of the molecule is COc1ccc2c(=O)[nH]c(C(=O)NCc3ccccn3)cc2c1. The van der Waals surface area contributed by atoms with Crippen molar-refractivity contribution in [3.63, 3.8) is 0 Å². The Morgan fingerprint density at radius 3 is 2.87 bits per heavy atom. The summed E-state index contributed by atoms with van der Waals surface area (Å²) in [5.41, 5.74) is 0.630. The Kier molecular flexibility index (Phi) is 4.05. The van der Waals surface area contributed by atoms with Crippen molar-refractivity contribution in [3.05, 3.63) is 70.4 Å². The van der Waals surface area contributed by atoms with Crippen LogP contribution in [0.1, 0.15) is 16.2 Å². The van der Waals surface area contributed by atoms with Crippen LogP contribution in [-0.2, 0) is 6.54 Å². The predicted octanol–water partition coefficient (Wildman–Crippen LogP) is 1.86. The van der Waals surface area contributed by atoms with E-state index in [9.17, 15) is 9.59 Å². The van der Waals surface area contributed by atoms with Crippen LogP contribution in [0, 0.1) is 0 Å². The van der Waals surface area contributed by atoms with Crippen molar-refractivity contribution < 1.29 is 9.53 Å². The third-order valence-electron chi connectivity index (χ3n) is 3.45. The van der Waals surface area contributed by atoms with E-state index in [1.807, 2.05) is 12.1 Å². The van der Waals surface area contributed by atoms with E-state index in [2.05, 4.69) is 15.3 Å². The standard InChI is InChI=1S/C17H15N3O3/c1-23-13-5-6-14-11(8-13)9-15(20-16(14)21)17(22)19-10-12-4-2-3-7-18-12/h2-9H,10H2,1H3,(H,19,22)(H,20,21). The molecule has 2 N–H and O–H groups in total. The van der Waals surface area contributed by atoms with E-state index in [-0.39, 0.29) is 23.7 Å². The zero-order valence-electron chi connectivity index (χ0n) is 12.5. The van der Waals surface area contributed by atoms with Gasteiger partial charge in [-0.05, 0) is 41.8 Å². The minimum atomic E-state index is -0.363. The first-order valence-corrected chi connectivity index (χ1v) is 7.06. The van der Waals surface area contributed by atoms with Gasteiger partial charge in [-0.2, -0.15) is 0 Å². The number of amides is 1. The number of benzene rings is 1. The van der Waals surface area contributed by atoms with Gasteiger partial charge in [-0.1, -0.05) is 6.07 Å². The molecule has 0 saturated heterocycles. The highest BCUT2D eigenvalue weighted by Gasteiger charge is 2.10. The lowest BCUT2D eigenvalue weighted by molar-refractivity contribution is 0.0945. The number of fused-ring (bicyclic) bond motifs is 1. The second-order valence-electron chi connectivity index (χ2n) is 4.97. The molecule has 0 spiro atoms. The van der Waals surface area contributed by atoms with Gasteiger partial charge >= 0.3 is 0 Å². The van der Waals surface area contributed by atoms with Gasteiger partial charge < -0.3 is 15.0 Å². The van der Waals surface area contributed by atoms with Crippen LogP contribution in [0.5, 0.6) is 5.75 Å². The second kappa shape index (κ2) is 6.31. The first-order chi connectivity index (χ1) is 11.2. The summed E-state index contributed by atoms with van der Waals surface area (Å²) < 4.78 is 5.15. The highest BCUT2D eigenvalue weighted by molar-refractivity contribution is 5.96. The number of methoxy groups -OCH3 is 1. The summed E-state index contributed by atoms with van der Waals surface area (Å²) in [6, 6.07) is 12.2. The monoisotopic (exact) mass is 309 g/mol. The zero-order valence-corrected chi connectivity index (χ0v) is 12.5. The lowest BCUT2D eigenvalue weighted by atomic mass is 10.1. The van der Waals surface area contributed by atoms with Gasteiger partial charge in [-0.25, -0.2) is 0 Å². The summed E-state index contributed by atoms with van der Waals surface area (Å²) in [6.07, 6.45) is 1.66. The molecule has 0 radical (unpaired) electrons. The van der Waals surface area contributed by atoms with E-state index in [0.29, 0.717) is 16.5 Å². The van der Waals surface area contributed by atoms with Crippen molar-refractivity contribution in [2.45, 2.75) is 6.54 Å². The Labute approximate surface area is 132 Å². The number of aromatic amines is 1. The van der Waals surface area contributed by atoms with Gasteiger partial charge in [-0.3, -0.25) is 14.6 Å². The minimum absolute atomic E-state index is 0.201. The summed E-state index contributed by atoms with van der Waals surface area (Å²) in [4.78, 5) is 31.0. The first kappa shape index (κ1) is 14.8. The highest BCUT2D eigenvalue weighted by Crippen LogP contribution is 2.18. The number of rotatable bonds is 4. The molecular formula is C17H15N3O3. The van der Waals surface area contributed by atoms with Crippen molar-refractivity contribution in [1.82, 2.24) is 15.3 Å². The summed E-state index contributed by atoms with van der Waals surface area (Å²) >= 11 is 0. The summed E-state index contributed by atoms with van der Waals surface area (Å²) in [5.74, 6) is 0.264. The fourth-order valence-electron chi connectivity index (χ4n) is 2.27. The van der Waals surface area contributed by atoms with Gasteiger partial charge in [-0.15, -0.1) is 0 Å². The molecule has 0 saturated carbocycles. The molecule has 23 heavy (non-hydrogen) atoms. The number of aromatic nitrogens is 2. The molecule has 0 atom stereocenters. The van der Waals surface area contributed by atoms with Gasteiger partial charge in [0.25, 0.3) is 11.5 Å². The Hall–Kier alpha value is -3.15. The number of nitrogens with zero attached hydrogens (tertiary/aromatic N) is 1. The molecular weight excluding hydrogens is 294 g/mol. The molecule has 6 heteroatoms. The second-order valence-corrected chi connectivity index (χ2v) is 4.97. The molecule has 116 valence electrons. The van der Waals surface area contributed by atoms with E-state index in [0.717, 1.165) is 5.69 Å². The van der Waals surface area contributed by atoms with Gasteiger partial charge in [0, 0.05) is 11.6 Å². The van der Waals surface area contributed by atoms with Crippen molar-refractivity contribution in [1.29, 1.82) is 0 Å². The molecule has 1 aromatic carbocycles. The lowest BCUT2D eigenvalue weighted by Gasteiger charge is -2.07. The molecule has 3 aromatic rings. The zero-order chi connectivity index (χ0) is 16.2. The molecule has 2 heterocycles. The number of carbonyl (C=O) groups is 1. The number of ether oxygens (including phenoxy) is 1. The van der Waals surface area contributed by atoms with Crippen LogP contribution in [0.15, 0.2) is 53.5 Å². The molecule has 1 amide bonds. The van der Waals surface area contributed by atoms with E-state index >= 15 is 0 Å². The highest BCUT2D eigenvalue weighted by atomic mass is 16.5. The van der Waals surface area contributed by atoms with E-state index in [1.165, 1.54) is 0 Å². The van der Waals surface area contributed by atoms with Crippen molar-refractivity contribution in [2.75, 3.05) is 7.11 Å². The fourth-order valence-corrected chi connectivity index (χ4v) is 2.27. The van der Waals surface area contributed by atoms with Crippen LogP contribution in [0.4, 0.5) is 0 Å². The molecule has 0 aliphatic heterocycles. The maximum Gasteiger partial charge on any atom is 0.268 e. The van der Waals surface area contributed by atoms with Crippen LogP contribution in [0.3, 0.4) is 0 Å². The molecule has 0 aliphatic rings. The van der Waals surface area contributed by atoms with Crippen LogP contribution >= 0.6 is 0 Å². The van der Waals surface area contributed by atoms with E-state index < -0.39 is 0 Å². The number of hydrogen-bond acceptors (Lipinski definition) is 4. The van der Waals surface area contributed by atoms with Gasteiger partial charge in [0.1, 0.15) is 11.4 Å². The number of hydrogen-bond donors (Lipinski definition) is 2. The molecule has 0 unspecified atom stereocenters. The molecule has 0 aliphatic carbocycles. The summed E-state index contributed by atoms with van der Waals surface area (Å²) in [6.45, 7) is 0.290. The number of H-pyrrole nitrogens is 1. The normalized spacial score (nSPS) is 10.5. The van der Waals surface area contributed by atoms with Crippen LogP contribution in [-0.4, -0.2) is 23.0 Å². The third-order valence-corrected chi connectivity index (χ3v) is 3.45. The predicted molar refractivity (Wildman–Crippen MR) is 86.5 cm³/mol. The van der Waals surface area contributed by atoms with Crippen molar-refractivity contribution in [3.8, 4) is 5.75 Å². The molecule has 6 nitrogen and oxygen atoms in total. The quantitative estimate of drug-likeness (QED) is 0.770. The minimum Gasteiger partial charge on any atom is -0.497 e. The van der Waals surface area contributed by atoms with Gasteiger partial charge in [0.05, 0.1) is 19.3 Å². The smallest absolute Gasteiger partial charge is 0.268 e. The average Bonchev–Trinajstić information content (AvgIpc) is 2.60. The summed E-state index contributed by atoms with van der Waals surface area (Å²) in [7, 11) is 1.55. The summed E-state index contributed by atoms with van der Waals surface area (Å²) in [5, 5.41) is 3.89. The largest absolute Gasteiger partial charge is 0.497 e. The maximum atomic E-state index is 12.2. The Bertz CT molecular complexity index is 904. The Balaban J connectivity index is 1.87. The van der Waals surface area contributed by atoms with Crippen molar-refractivity contribution in [2.24, 2.45) is 0 Å². The lowest BCUT2D eigenvalue weighted by Crippen LogP contribution is -2.26. The van der Waals surface area contributed by atoms with Crippen LogP contribution in [0.25, 0.3) is 10.8 Å². The first-order valence-electron chi connectivity index (χ1n) is 7.06. The Morgan fingerprint density at radius 2 is 2.13 bits per heavy atom.